The van der Waals surface area contributed by atoms with Crippen molar-refractivity contribution in [2.75, 3.05) is 9.80 Å². The largest absolute Gasteiger partial charge is 0.307 e. The standard InChI is InChI=1S/C49H48BN2S2/c1-29(2)34-17-15-18-35(30(3)4)47(34)51-40-23-11-12-24-41(40)52(48-36(31(5)6)19-16-20-37(48)32(7)8)49(51)33-27-44-46-45(28-33)54-43-26-14-10-22-39(43)50(46)38-21-9-13-25-42(38)53-44/h9-32H,1-8H3. The zero-order valence-electron chi connectivity index (χ0n) is 32.6. The molecule has 0 spiro atoms. The fourth-order valence-corrected chi connectivity index (χ4v) is 11.4. The van der Waals surface area contributed by atoms with Gasteiger partial charge in [-0.2, -0.15) is 0 Å². The normalized spacial score (nSPS) is 14.6. The molecule has 0 N–H and O–H groups in total. The van der Waals surface area contributed by atoms with E-state index in [2.05, 4.69) is 187 Å². The molecule has 9 rings (SSSR count). The molecule has 269 valence electrons. The first-order chi connectivity index (χ1) is 26.1. The van der Waals surface area contributed by atoms with Crippen molar-refractivity contribution in [1.82, 2.24) is 0 Å². The quantitative estimate of drug-likeness (QED) is 0.150. The Labute approximate surface area is 331 Å². The number of anilines is 4. The fraction of sp³-hybridized carbons (Fsp3) is 0.245. The third-order valence-corrected chi connectivity index (χ3v) is 13.8. The number of nitrogens with zero attached hydrogens (tertiary/aromatic N) is 2. The molecule has 3 heterocycles. The first-order valence-electron chi connectivity index (χ1n) is 19.7. The molecule has 5 heteroatoms. The second-order valence-electron chi connectivity index (χ2n) is 16.3. The minimum absolute atomic E-state index is 0.223. The number of hydrogen-bond acceptors (Lipinski definition) is 4. The Hall–Kier alpha value is -4.32. The third kappa shape index (κ3) is 5.56. The van der Waals surface area contributed by atoms with E-state index in [9.17, 15) is 0 Å². The molecule has 0 unspecified atom stereocenters. The highest BCUT2D eigenvalue weighted by Crippen LogP contribution is 2.58. The van der Waals surface area contributed by atoms with E-state index in [0.29, 0.717) is 23.7 Å². The summed E-state index contributed by atoms with van der Waals surface area (Å²) in [6, 6.07) is 46.3. The highest BCUT2D eigenvalue weighted by Gasteiger charge is 2.46. The Morgan fingerprint density at radius 3 is 1.19 bits per heavy atom. The number of para-hydroxylation sites is 4. The molecule has 6 aromatic rings. The van der Waals surface area contributed by atoms with Crippen LogP contribution in [-0.2, 0) is 0 Å². The van der Waals surface area contributed by atoms with Gasteiger partial charge in [0.1, 0.15) is 0 Å². The maximum atomic E-state index is 2.65. The molecule has 3 aliphatic rings. The van der Waals surface area contributed by atoms with Crippen molar-refractivity contribution >= 4 is 69.4 Å². The van der Waals surface area contributed by atoms with Crippen molar-refractivity contribution in [2.24, 2.45) is 0 Å². The van der Waals surface area contributed by atoms with Gasteiger partial charge in [-0.25, -0.2) is 0 Å². The number of fused-ring (bicyclic) bond motifs is 5. The summed E-state index contributed by atoms with van der Waals surface area (Å²) in [6.07, 6.45) is 1.22. The zero-order chi connectivity index (χ0) is 37.4. The maximum absolute atomic E-state index is 2.65. The Morgan fingerprint density at radius 2 is 0.796 bits per heavy atom. The van der Waals surface area contributed by atoms with Crippen LogP contribution in [-0.4, -0.2) is 6.71 Å². The summed E-state index contributed by atoms with van der Waals surface area (Å²) in [5, 5.41) is 0. The van der Waals surface area contributed by atoms with E-state index in [1.807, 2.05) is 23.5 Å². The summed E-state index contributed by atoms with van der Waals surface area (Å²) in [5.41, 5.74) is 16.2. The molecule has 0 fully saturated rings. The predicted octanol–water partition coefficient (Wildman–Crippen LogP) is 12.5. The molecule has 0 atom stereocenters. The third-order valence-electron chi connectivity index (χ3n) is 11.5. The van der Waals surface area contributed by atoms with Gasteiger partial charge in [0.05, 0.1) is 22.7 Å². The summed E-state index contributed by atoms with van der Waals surface area (Å²) in [6.45, 7) is 19.0. The number of benzene rings is 6. The van der Waals surface area contributed by atoms with Crippen LogP contribution in [0.25, 0.3) is 0 Å². The van der Waals surface area contributed by atoms with Crippen molar-refractivity contribution in [3.63, 3.8) is 0 Å². The summed E-state index contributed by atoms with van der Waals surface area (Å²) in [4.78, 5) is 10.7. The average molecular weight is 740 g/mol. The van der Waals surface area contributed by atoms with Crippen molar-refractivity contribution in [1.29, 1.82) is 0 Å². The molecule has 0 saturated heterocycles. The van der Waals surface area contributed by atoms with Gasteiger partial charge < -0.3 is 9.80 Å². The van der Waals surface area contributed by atoms with Gasteiger partial charge in [0.2, 0.25) is 6.71 Å². The van der Waals surface area contributed by atoms with Crippen LogP contribution in [0.5, 0.6) is 0 Å². The van der Waals surface area contributed by atoms with Gasteiger partial charge in [-0.1, -0.05) is 175 Å². The molecule has 2 nitrogen and oxygen atoms in total. The number of rotatable bonds is 7. The lowest BCUT2D eigenvalue weighted by Crippen LogP contribution is -2.58. The van der Waals surface area contributed by atoms with Gasteiger partial charge in [0, 0.05) is 25.1 Å². The molecule has 0 saturated carbocycles. The second-order valence-corrected chi connectivity index (χ2v) is 18.4. The van der Waals surface area contributed by atoms with Gasteiger partial charge in [-0.3, -0.25) is 0 Å². The van der Waals surface area contributed by atoms with Crippen LogP contribution in [0.2, 0.25) is 0 Å². The highest BCUT2D eigenvalue weighted by atomic mass is 32.2. The Bertz CT molecular complexity index is 2200. The molecule has 6 aromatic carbocycles. The van der Waals surface area contributed by atoms with Gasteiger partial charge in [0.25, 0.3) is 0 Å². The van der Waals surface area contributed by atoms with Crippen LogP contribution in [0.1, 0.15) is 107 Å². The van der Waals surface area contributed by atoms with Crippen LogP contribution < -0.4 is 26.2 Å². The van der Waals surface area contributed by atoms with Gasteiger partial charge in [-0.15, -0.1) is 0 Å². The highest BCUT2D eigenvalue weighted by molar-refractivity contribution is 8.01. The molecule has 0 aliphatic carbocycles. The van der Waals surface area contributed by atoms with E-state index in [4.69, 9.17) is 0 Å². The van der Waals surface area contributed by atoms with Crippen LogP contribution in [0, 0.1) is 6.17 Å². The van der Waals surface area contributed by atoms with E-state index >= 15 is 0 Å². The Balaban J connectivity index is 1.38. The van der Waals surface area contributed by atoms with Crippen LogP contribution in [0.15, 0.2) is 141 Å². The SMILES string of the molecule is CC(C)c1cccc(C(C)C)c1N1[C](c2cc3c4c(c2)Sc2ccccc2B4c2ccccc2S3)N(c2c(C(C)C)cccc2C(C)C)c2ccccc21. The lowest BCUT2D eigenvalue weighted by Gasteiger charge is -2.39. The fourth-order valence-electron chi connectivity index (χ4n) is 8.94. The number of hydrogen-bond donors (Lipinski definition) is 0. The molecule has 1 radical (unpaired) electrons. The molecule has 0 amide bonds. The lowest BCUT2D eigenvalue weighted by atomic mass is 9.36. The smallest absolute Gasteiger partial charge is 0.247 e. The van der Waals surface area contributed by atoms with Crippen molar-refractivity contribution in [2.45, 2.75) is 98.6 Å². The summed E-state index contributed by atoms with van der Waals surface area (Å²) >= 11 is 3.89. The van der Waals surface area contributed by atoms with Crippen LogP contribution in [0.4, 0.5) is 22.7 Å². The first kappa shape index (κ1) is 35.4. The van der Waals surface area contributed by atoms with E-state index < -0.39 is 0 Å². The van der Waals surface area contributed by atoms with Crippen LogP contribution in [0.3, 0.4) is 0 Å². The van der Waals surface area contributed by atoms with Gasteiger partial charge in [-0.05, 0) is 87.8 Å². The molecule has 3 aliphatic heterocycles. The van der Waals surface area contributed by atoms with Crippen molar-refractivity contribution < 1.29 is 0 Å². The lowest BCUT2D eigenvalue weighted by molar-refractivity contribution is 0.806. The Kier molecular flexibility index (Phi) is 9.02. The van der Waals surface area contributed by atoms with E-state index in [1.54, 1.807) is 0 Å². The summed E-state index contributed by atoms with van der Waals surface area (Å²) in [5.74, 6) is 1.39. The van der Waals surface area contributed by atoms with E-state index in [1.165, 1.54) is 92.7 Å². The predicted molar refractivity (Wildman–Crippen MR) is 235 cm³/mol. The van der Waals surface area contributed by atoms with Crippen molar-refractivity contribution in [3.8, 4) is 0 Å². The monoisotopic (exact) mass is 739 g/mol. The van der Waals surface area contributed by atoms with Crippen molar-refractivity contribution in [3.05, 3.63) is 155 Å². The van der Waals surface area contributed by atoms with Gasteiger partial charge >= 0.3 is 0 Å². The molecule has 0 bridgehead atoms. The molecule has 54 heavy (non-hydrogen) atoms. The average Bonchev–Trinajstić information content (AvgIpc) is 3.51. The minimum atomic E-state index is 0.223. The molecular weight excluding hydrogens is 691 g/mol. The molecule has 0 aromatic heterocycles. The maximum Gasteiger partial charge on any atom is 0.247 e. The first-order valence-corrected chi connectivity index (χ1v) is 21.3. The zero-order valence-corrected chi connectivity index (χ0v) is 34.3. The van der Waals surface area contributed by atoms with E-state index in [-0.39, 0.29) is 6.71 Å². The summed E-state index contributed by atoms with van der Waals surface area (Å²) < 4.78 is 0. The Morgan fingerprint density at radius 1 is 0.426 bits per heavy atom. The topological polar surface area (TPSA) is 6.48 Å². The second kappa shape index (κ2) is 13.8. The van der Waals surface area contributed by atoms with E-state index in [0.717, 1.165) is 0 Å². The van der Waals surface area contributed by atoms with Gasteiger partial charge in [0.15, 0.2) is 6.17 Å². The van der Waals surface area contributed by atoms with Crippen LogP contribution >= 0.6 is 23.5 Å². The summed E-state index contributed by atoms with van der Waals surface area (Å²) in [7, 11) is 0. The minimum Gasteiger partial charge on any atom is -0.307 e. The molecular formula is C49H48BN2S2.